The molecule has 1 aromatic rings. The van der Waals surface area contributed by atoms with E-state index in [9.17, 15) is 23.1 Å². The lowest BCUT2D eigenvalue weighted by molar-refractivity contribution is -0.144. The van der Waals surface area contributed by atoms with Gasteiger partial charge in [-0.05, 0) is 17.7 Å². The van der Waals surface area contributed by atoms with Gasteiger partial charge in [-0.3, -0.25) is 4.79 Å². The second kappa shape index (κ2) is 5.80. The maximum atomic E-state index is 12.6. The molecule has 1 atom stereocenters. The van der Waals surface area contributed by atoms with Crippen molar-refractivity contribution >= 4 is 5.91 Å². The van der Waals surface area contributed by atoms with Crippen molar-refractivity contribution in [2.75, 3.05) is 26.3 Å². The molecule has 110 valence electrons. The Kier molecular flexibility index (Phi) is 4.29. The minimum absolute atomic E-state index is 0.0382. The quantitative estimate of drug-likeness (QED) is 0.919. The van der Waals surface area contributed by atoms with Crippen molar-refractivity contribution in [2.45, 2.75) is 12.3 Å². The zero-order valence-electron chi connectivity index (χ0n) is 10.6. The lowest BCUT2D eigenvalue weighted by atomic mass is 10.1. The Bertz CT molecular complexity index is 490. The molecule has 4 nitrogen and oxygen atoms in total. The van der Waals surface area contributed by atoms with Gasteiger partial charge in [0.05, 0.1) is 24.8 Å². The number of aliphatic hydroxyl groups is 1. The molecule has 1 unspecified atom stereocenters. The van der Waals surface area contributed by atoms with Gasteiger partial charge in [0.15, 0.2) is 0 Å². The van der Waals surface area contributed by atoms with Crippen molar-refractivity contribution in [1.29, 1.82) is 0 Å². The average molecular weight is 289 g/mol. The van der Waals surface area contributed by atoms with Crippen molar-refractivity contribution in [1.82, 2.24) is 4.90 Å². The molecule has 0 aromatic heterocycles. The first-order chi connectivity index (χ1) is 9.38. The predicted octanol–water partition coefficient (Wildman–Crippen LogP) is 1.60. The van der Waals surface area contributed by atoms with E-state index in [1.165, 1.54) is 17.0 Å². The molecule has 1 aromatic carbocycles. The highest BCUT2D eigenvalue weighted by molar-refractivity contribution is 5.78. The van der Waals surface area contributed by atoms with Gasteiger partial charge in [0.1, 0.15) is 6.61 Å². The summed E-state index contributed by atoms with van der Waals surface area (Å²) < 4.78 is 42.7. The van der Waals surface area contributed by atoms with Crippen LogP contribution >= 0.6 is 0 Å². The smallest absolute Gasteiger partial charge is 0.387 e. The second-order valence-electron chi connectivity index (χ2n) is 4.53. The van der Waals surface area contributed by atoms with Gasteiger partial charge in [-0.15, -0.1) is 0 Å². The number of β-amino-alcohol motifs (C(OH)–C–C–N with tert-alkyl or cyclic N) is 1. The lowest BCUT2D eigenvalue weighted by Crippen LogP contribution is -2.43. The number of carbonyl (C=O) groups excluding carboxylic acids is 1. The number of carbonyl (C=O) groups is 1. The molecule has 0 bridgehead atoms. The summed E-state index contributed by atoms with van der Waals surface area (Å²) in [5, 5.41) is 9.98. The summed E-state index contributed by atoms with van der Waals surface area (Å²) in [7, 11) is 0. The zero-order chi connectivity index (χ0) is 14.8. The predicted molar refractivity (Wildman–Crippen MR) is 63.8 cm³/mol. The van der Waals surface area contributed by atoms with Crippen LogP contribution in [0.2, 0.25) is 0 Å². The number of aliphatic hydroxyl groups excluding tert-OH is 1. The molecular weight excluding hydrogens is 275 g/mol. The summed E-state index contributed by atoms with van der Waals surface area (Å²) in [5.74, 6) is -0.276. The van der Waals surface area contributed by atoms with Gasteiger partial charge in [-0.2, -0.15) is 13.2 Å². The van der Waals surface area contributed by atoms with Gasteiger partial charge in [0.25, 0.3) is 0 Å². The van der Waals surface area contributed by atoms with E-state index < -0.39 is 17.8 Å². The van der Waals surface area contributed by atoms with Crippen molar-refractivity contribution in [3.8, 4) is 0 Å². The van der Waals surface area contributed by atoms with E-state index in [-0.39, 0.29) is 24.6 Å². The van der Waals surface area contributed by atoms with Gasteiger partial charge < -0.3 is 14.7 Å². The number of amides is 1. The van der Waals surface area contributed by atoms with E-state index in [4.69, 9.17) is 4.74 Å². The molecule has 1 fully saturated rings. The summed E-state index contributed by atoms with van der Waals surface area (Å²) in [4.78, 5) is 12.9. The molecule has 0 aliphatic carbocycles. The molecule has 1 aliphatic heterocycles. The summed E-state index contributed by atoms with van der Waals surface area (Å²) in [6.07, 6.45) is -5.61. The van der Waals surface area contributed by atoms with Crippen LogP contribution in [0.25, 0.3) is 0 Å². The van der Waals surface area contributed by atoms with E-state index in [0.717, 1.165) is 12.1 Å². The van der Waals surface area contributed by atoms with Crippen LogP contribution in [-0.2, 0) is 15.7 Å². The summed E-state index contributed by atoms with van der Waals surface area (Å²) >= 11 is 0. The van der Waals surface area contributed by atoms with Crippen LogP contribution in [0.15, 0.2) is 24.3 Å². The van der Waals surface area contributed by atoms with Gasteiger partial charge in [-0.25, -0.2) is 0 Å². The number of morpholine rings is 1. The first-order valence-electron chi connectivity index (χ1n) is 6.08. The number of nitrogens with zero attached hydrogens (tertiary/aromatic N) is 1. The van der Waals surface area contributed by atoms with Gasteiger partial charge in [-0.1, -0.05) is 12.1 Å². The van der Waals surface area contributed by atoms with Crippen molar-refractivity contribution in [3.63, 3.8) is 0 Å². The Labute approximate surface area is 113 Å². The van der Waals surface area contributed by atoms with Crippen LogP contribution in [0.4, 0.5) is 13.2 Å². The van der Waals surface area contributed by atoms with Crippen LogP contribution in [0, 0.1) is 0 Å². The highest BCUT2D eigenvalue weighted by Crippen LogP contribution is 2.30. The summed E-state index contributed by atoms with van der Waals surface area (Å²) in [5.41, 5.74) is -0.679. The average Bonchev–Trinajstić information content (AvgIpc) is 2.40. The molecule has 1 N–H and O–H groups in total. The maximum Gasteiger partial charge on any atom is 0.416 e. The van der Waals surface area contributed by atoms with Crippen molar-refractivity contribution in [2.24, 2.45) is 0 Å². The Balaban J connectivity index is 2.09. The summed E-state index contributed by atoms with van der Waals surface area (Å²) in [6, 6.07) is 4.49. The molecule has 1 saturated heterocycles. The number of halogens is 3. The first-order valence-corrected chi connectivity index (χ1v) is 6.08. The standard InChI is InChI=1S/C13H14F3NO3/c14-13(15,16)10-3-1-2-9(6-10)11(18)7-17-4-5-20-8-12(17)19/h1-3,6,11,18H,4-5,7-8H2. The van der Waals surface area contributed by atoms with E-state index in [1.807, 2.05) is 0 Å². The van der Waals surface area contributed by atoms with E-state index in [0.29, 0.717) is 13.2 Å². The minimum atomic E-state index is -4.45. The molecule has 0 radical (unpaired) electrons. The monoisotopic (exact) mass is 289 g/mol. The lowest BCUT2D eigenvalue weighted by Gasteiger charge is -2.29. The first kappa shape index (κ1) is 14.8. The molecule has 1 heterocycles. The fraction of sp³-hybridized carbons (Fsp3) is 0.462. The van der Waals surface area contributed by atoms with Crippen LogP contribution in [-0.4, -0.2) is 42.2 Å². The maximum absolute atomic E-state index is 12.6. The molecule has 0 saturated carbocycles. The van der Waals surface area contributed by atoms with Gasteiger partial charge in [0, 0.05) is 6.54 Å². The number of hydrogen-bond donors (Lipinski definition) is 1. The molecule has 2 rings (SSSR count). The number of benzene rings is 1. The van der Waals surface area contributed by atoms with Crippen LogP contribution in [0.1, 0.15) is 17.2 Å². The number of rotatable bonds is 3. The van der Waals surface area contributed by atoms with E-state index in [1.54, 1.807) is 0 Å². The molecule has 7 heteroatoms. The Morgan fingerprint density at radius 2 is 2.15 bits per heavy atom. The SMILES string of the molecule is O=C1COCCN1CC(O)c1cccc(C(F)(F)F)c1. The fourth-order valence-electron chi connectivity index (χ4n) is 1.98. The Morgan fingerprint density at radius 3 is 2.80 bits per heavy atom. The third-order valence-corrected chi connectivity index (χ3v) is 3.08. The van der Waals surface area contributed by atoms with E-state index >= 15 is 0 Å². The number of alkyl halides is 3. The molecule has 0 spiro atoms. The minimum Gasteiger partial charge on any atom is -0.387 e. The third-order valence-electron chi connectivity index (χ3n) is 3.08. The highest BCUT2D eigenvalue weighted by atomic mass is 19.4. The van der Waals surface area contributed by atoms with Gasteiger partial charge in [0.2, 0.25) is 5.91 Å². The molecular formula is C13H14F3NO3. The highest BCUT2D eigenvalue weighted by Gasteiger charge is 2.31. The number of ether oxygens (including phenoxy) is 1. The van der Waals surface area contributed by atoms with Crippen molar-refractivity contribution in [3.05, 3.63) is 35.4 Å². The van der Waals surface area contributed by atoms with Gasteiger partial charge >= 0.3 is 6.18 Å². The largest absolute Gasteiger partial charge is 0.416 e. The van der Waals surface area contributed by atoms with Crippen molar-refractivity contribution < 1.29 is 27.8 Å². The third kappa shape index (κ3) is 3.49. The molecule has 1 aliphatic rings. The fourth-order valence-corrected chi connectivity index (χ4v) is 1.98. The normalized spacial score (nSPS) is 18.2. The van der Waals surface area contributed by atoms with Crippen LogP contribution < -0.4 is 0 Å². The van der Waals surface area contributed by atoms with E-state index in [2.05, 4.69) is 0 Å². The topological polar surface area (TPSA) is 49.8 Å². The second-order valence-corrected chi connectivity index (χ2v) is 4.53. The molecule has 1 amide bonds. The van der Waals surface area contributed by atoms with Crippen LogP contribution in [0.3, 0.4) is 0 Å². The Hall–Kier alpha value is -1.60. The molecule has 20 heavy (non-hydrogen) atoms. The van der Waals surface area contributed by atoms with Crippen LogP contribution in [0.5, 0.6) is 0 Å². The number of hydrogen-bond acceptors (Lipinski definition) is 3. The Morgan fingerprint density at radius 1 is 1.40 bits per heavy atom. The summed E-state index contributed by atoms with van der Waals surface area (Å²) in [6.45, 7) is 0.592. The zero-order valence-corrected chi connectivity index (χ0v) is 10.6.